The lowest BCUT2D eigenvalue weighted by atomic mass is 9.94. The summed E-state index contributed by atoms with van der Waals surface area (Å²) in [5, 5.41) is 13.9. The summed E-state index contributed by atoms with van der Waals surface area (Å²) in [5.41, 5.74) is 2.80. The average molecular weight is 302 g/mol. The van der Waals surface area contributed by atoms with Crippen molar-refractivity contribution in [1.82, 2.24) is 10.2 Å². The lowest BCUT2D eigenvalue weighted by Gasteiger charge is -2.34. The van der Waals surface area contributed by atoms with E-state index >= 15 is 0 Å². The summed E-state index contributed by atoms with van der Waals surface area (Å²) >= 11 is 1.67. The summed E-state index contributed by atoms with van der Waals surface area (Å²) in [6, 6.07) is 8.72. The molecule has 0 saturated heterocycles. The molecule has 1 aromatic carbocycles. The Morgan fingerprint density at radius 1 is 1.33 bits per heavy atom. The van der Waals surface area contributed by atoms with Gasteiger partial charge in [0.1, 0.15) is 5.01 Å². The highest BCUT2D eigenvalue weighted by atomic mass is 32.1. The standard InChI is InChI=1S/C16H22N4S/c1-3-8-17-16-19-18-15(21-16)11-20-10-12(2)9-13-6-4-5-7-14(13)20/h4-7,12H,3,8-11H2,1-2H3,(H,17,19). The zero-order chi connectivity index (χ0) is 14.7. The second-order valence-electron chi connectivity index (χ2n) is 5.75. The third kappa shape index (κ3) is 3.35. The van der Waals surface area contributed by atoms with Crippen molar-refractivity contribution < 1.29 is 0 Å². The van der Waals surface area contributed by atoms with Crippen LogP contribution in [0, 0.1) is 5.92 Å². The van der Waals surface area contributed by atoms with Crippen molar-refractivity contribution in [3.63, 3.8) is 0 Å². The predicted octanol–water partition coefficient (Wildman–Crippen LogP) is 3.56. The maximum atomic E-state index is 4.33. The second-order valence-corrected chi connectivity index (χ2v) is 6.81. The van der Waals surface area contributed by atoms with Gasteiger partial charge in [0.2, 0.25) is 5.13 Å². The first kappa shape index (κ1) is 14.3. The quantitative estimate of drug-likeness (QED) is 0.917. The van der Waals surface area contributed by atoms with Gasteiger partial charge >= 0.3 is 0 Å². The minimum Gasteiger partial charge on any atom is -0.364 e. The first-order valence-electron chi connectivity index (χ1n) is 7.65. The molecule has 0 spiro atoms. The van der Waals surface area contributed by atoms with Crippen LogP contribution in [0.5, 0.6) is 0 Å². The summed E-state index contributed by atoms with van der Waals surface area (Å²) in [6.07, 6.45) is 2.28. The van der Waals surface area contributed by atoms with Crippen LogP contribution in [0.15, 0.2) is 24.3 Å². The first-order chi connectivity index (χ1) is 10.3. The molecule has 0 aliphatic carbocycles. The Labute approximate surface area is 130 Å². The number of anilines is 2. The number of hydrogen-bond donors (Lipinski definition) is 1. The van der Waals surface area contributed by atoms with Gasteiger partial charge in [0.15, 0.2) is 0 Å². The van der Waals surface area contributed by atoms with Gasteiger partial charge in [0.25, 0.3) is 0 Å². The molecular weight excluding hydrogens is 280 g/mol. The lowest BCUT2D eigenvalue weighted by Crippen LogP contribution is -2.33. The van der Waals surface area contributed by atoms with Crippen molar-refractivity contribution in [1.29, 1.82) is 0 Å². The van der Waals surface area contributed by atoms with Gasteiger partial charge in [-0.3, -0.25) is 0 Å². The summed E-state index contributed by atoms with van der Waals surface area (Å²) in [6.45, 7) is 7.37. The van der Waals surface area contributed by atoms with E-state index in [1.165, 1.54) is 17.7 Å². The molecule has 4 nitrogen and oxygen atoms in total. The van der Waals surface area contributed by atoms with E-state index in [0.29, 0.717) is 5.92 Å². The molecule has 1 N–H and O–H groups in total. The molecule has 1 aromatic heterocycles. The second kappa shape index (κ2) is 6.43. The van der Waals surface area contributed by atoms with E-state index in [9.17, 15) is 0 Å². The highest BCUT2D eigenvalue weighted by molar-refractivity contribution is 7.15. The van der Waals surface area contributed by atoms with Crippen LogP contribution >= 0.6 is 11.3 Å². The van der Waals surface area contributed by atoms with Crippen LogP contribution in [0.3, 0.4) is 0 Å². The third-order valence-electron chi connectivity index (χ3n) is 3.75. The topological polar surface area (TPSA) is 41.1 Å². The molecule has 0 saturated carbocycles. The Kier molecular flexibility index (Phi) is 4.39. The molecule has 0 bridgehead atoms. The van der Waals surface area contributed by atoms with Crippen molar-refractivity contribution >= 4 is 22.2 Å². The van der Waals surface area contributed by atoms with Gasteiger partial charge in [-0.1, -0.05) is 43.4 Å². The van der Waals surface area contributed by atoms with Crippen LogP contribution in [-0.2, 0) is 13.0 Å². The van der Waals surface area contributed by atoms with E-state index in [2.05, 4.69) is 58.5 Å². The van der Waals surface area contributed by atoms with Crippen LogP contribution in [-0.4, -0.2) is 23.3 Å². The summed E-state index contributed by atoms with van der Waals surface area (Å²) in [7, 11) is 0. The Hall–Kier alpha value is -1.62. The molecular formula is C16H22N4S. The Bertz CT molecular complexity index is 595. The molecule has 3 rings (SSSR count). The molecule has 2 heterocycles. The molecule has 2 aromatic rings. The number of fused-ring (bicyclic) bond motifs is 1. The Balaban J connectivity index is 1.74. The van der Waals surface area contributed by atoms with Crippen LogP contribution in [0.1, 0.15) is 30.8 Å². The largest absolute Gasteiger partial charge is 0.364 e. The van der Waals surface area contributed by atoms with Crippen LogP contribution in [0.25, 0.3) is 0 Å². The Morgan fingerprint density at radius 3 is 3.05 bits per heavy atom. The highest BCUT2D eigenvalue weighted by Gasteiger charge is 2.22. The number of hydrogen-bond acceptors (Lipinski definition) is 5. The number of benzene rings is 1. The maximum absolute atomic E-state index is 4.33. The van der Waals surface area contributed by atoms with Crippen molar-refractivity contribution in [3.8, 4) is 0 Å². The smallest absolute Gasteiger partial charge is 0.205 e. The minimum absolute atomic E-state index is 0.686. The molecule has 1 unspecified atom stereocenters. The van der Waals surface area contributed by atoms with E-state index in [-0.39, 0.29) is 0 Å². The molecule has 0 radical (unpaired) electrons. The molecule has 1 aliphatic rings. The van der Waals surface area contributed by atoms with Gasteiger partial charge in [-0.15, -0.1) is 10.2 Å². The molecule has 5 heteroatoms. The van der Waals surface area contributed by atoms with Crippen LogP contribution < -0.4 is 10.2 Å². The molecule has 1 aliphatic heterocycles. The predicted molar refractivity (Wildman–Crippen MR) is 89.0 cm³/mol. The van der Waals surface area contributed by atoms with Gasteiger partial charge in [-0.25, -0.2) is 0 Å². The molecule has 112 valence electrons. The SMILES string of the molecule is CCCNc1nnc(CN2CC(C)Cc3ccccc32)s1. The number of para-hydroxylation sites is 1. The van der Waals surface area contributed by atoms with E-state index in [1.807, 2.05) is 0 Å². The van der Waals surface area contributed by atoms with Crippen LogP contribution in [0.4, 0.5) is 10.8 Å². The molecule has 0 amide bonds. The summed E-state index contributed by atoms with van der Waals surface area (Å²) in [4.78, 5) is 2.44. The minimum atomic E-state index is 0.686. The van der Waals surface area contributed by atoms with Gasteiger partial charge in [-0.2, -0.15) is 0 Å². The fraction of sp³-hybridized carbons (Fsp3) is 0.500. The molecule has 0 fully saturated rings. The van der Waals surface area contributed by atoms with Crippen molar-refractivity contribution in [3.05, 3.63) is 34.8 Å². The van der Waals surface area contributed by atoms with E-state index in [1.54, 1.807) is 11.3 Å². The normalized spacial score (nSPS) is 17.6. The highest BCUT2D eigenvalue weighted by Crippen LogP contribution is 2.31. The maximum Gasteiger partial charge on any atom is 0.205 e. The van der Waals surface area contributed by atoms with E-state index < -0.39 is 0 Å². The van der Waals surface area contributed by atoms with Gasteiger partial charge in [-0.05, 0) is 30.4 Å². The van der Waals surface area contributed by atoms with Crippen molar-refractivity contribution in [2.45, 2.75) is 33.2 Å². The zero-order valence-electron chi connectivity index (χ0n) is 12.7. The van der Waals surface area contributed by atoms with Gasteiger partial charge < -0.3 is 10.2 Å². The monoisotopic (exact) mass is 302 g/mol. The molecule has 21 heavy (non-hydrogen) atoms. The number of nitrogens with zero attached hydrogens (tertiary/aromatic N) is 3. The van der Waals surface area contributed by atoms with Gasteiger partial charge in [0.05, 0.1) is 6.54 Å². The average Bonchev–Trinajstić information content (AvgIpc) is 2.92. The summed E-state index contributed by atoms with van der Waals surface area (Å²) in [5.74, 6) is 0.686. The van der Waals surface area contributed by atoms with Crippen molar-refractivity contribution in [2.75, 3.05) is 23.3 Å². The number of aromatic nitrogens is 2. The van der Waals surface area contributed by atoms with Crippen molar-refractivity contribution in [2.24, 2.45) is 5.92 Å². The fourth-order valence-corrected chi connectivity index (χ4v) is 3.62. The Morgan fingerprint density at radius 2 is 2.19 bits per heavy atom. The van der Waals surface area contributed by atoms with E-state index in [4.69, 9.17) is 0 Å². The first-order valence-corrected chi connectivity index (χ1v) is 8.47. The van der Waals surface area contributed by atoms with E-state index in [0.717, 1.165) is 36.2 Å². The number of rotatable bonds is 5. The van der Waals surface area contributed by atoms with Gasteiger partial charge in [0, 0.05) is 18.8 Å². The third-order valence-corrected chi connectivity index (χ3v) is 4.62. The zero-order valence-corrected chi connectivity index (χ0v) is 13.5. The van der Waals surface area contributed by atoms with Crippen LogP contribution in [0.2, 0.25) is 0 Å². The summed E-state index contributed by atoms with van der Waals surface area (Å²) < 4.78 is 0. The number of nitrogens with one attached hydrogen (secondary N) is 1. The molecule has 1 atom stereocenters. The lowest BCUT2D eigenvalue weighted by molar-refractivity contribution is 0.529. The fourth-order valence-electron chi connectivity index (χ4n) is 2.84.